The van der Waals surface area contributed by atoms with Gasteiger partial charge in [0.2, 0.25) is 0 Å². The minimum atomic E-state index is -0.184. The zero-order valence-corrected chi connectivity index (χ0v) is 10.4. The Morgan fingerprint density at radius 1 is 1.33 bits per heavy atom. The number of alkyl halides is 1. The quantitative estimate of drug-likeness (QED) is 0.507. The highest BCUT2D eigenvalue weighted by Gasteiger charge is 2.67. The van der Waals surface area contributed by atoms with Crippen LogP contribution in [-0.2, 0) is 9.31 Å². The molecule has 0 spiro atoms. The van der Waals surface area contributed by atoms with Crippen LogP contribution in [-0.4, -0.2) is 24.6 Å². The molecule has 3 saturated carbocycles. The molecule has 3 aliphatic carbocycles. The fourth-order valence-electron chi connectivity index (χ4n) is 4.02. The first-order chi connectivity index (χ1) is 6.98. The molecule has 15 heavy (non-hydrogen) atoms. The van der Waals surface area contributed by atoms with Crippen LogP contribution in [0.1, 0.15) is 33.6 Å². The fraction of sp³-hybridized carbons (Fsp3) is 1.00. The molecule has 0 N–H and O–H groups in total. The summed E-state index contributed by atoms with van der Waals surface area (Å²) < 4.78 is 11.9. The van der Waals surface area contributed by atoms with Crippen LogP contribution < -0.4 is 0 Å². The third-order valence-corrected chi connectivity index (χ3v) is 5.38. The van der Waals surface area contributed by atoms with Crippen LogP contribution in [0.3, 0.4) is 0 Å². The molecule has 4 aliphatic rings. The highest BCUT2D eigenvalue weighted by molar-refractivity contribution is 6.57. The lowest BCUT2D eigenvalue weighted by molar-refractivity contribution is -0.199. The molecular weight excluding hydrogens is 210 g/mol. The average Bonchev–Trinajstić information content (AvgIpc) is 2.53. The second-order valence-electron chi connectivity index (χ2n) is 6.05. The minimum absolute atomic E-state index is 0.0855. The van der Waals surface area contributed by atoms with E-state index in [2.05, 4.69) is 20.8 Å². The molecule has 1 saturated heterocycles. The predicted octanol–water partition coefficient (Wildman–Crippen LogP) is 2.49. The van der Waals surface area contributed by atoms with Gasteiger partial charge in [0.1, 0.15) is 0 Å². The van der Waals surface area contributed by atoms with Gasteiger partial charge in [0.15, 0.2) is 0 Å². The molecule has 2 nitrogen and oxygen atoms in total. The van der Waals surface area contributed by atoms with Gasteiger partial charge in [-0.3, -0.25) is 0 Å². The van der Waals surface area contributed by atoms with Crippen LogP contribution in [0, 0.1) is 17.3 Å². The van der Waals surface area contributed by atoms with E-state index >= 15 is 0 Å². The van der Waals surface area contributed by atoms with Gasteiger partial charge in [-0.05, 0) is 37.0 Å². The summed E-state index contributed by atoms with van der Waals surface area (Å²) in [5, 5.41) is 0. The van der Waals surface area contributed by atoms with E-state index in [1.165, 1.54) is 6.42 Å². The SMILES string of the molecule is CC1(C)C2C[C@H]1C[C@H]1OB(CCl)O[C@@]21C. The summed E-state index contributed by atoms with van der Waals surface area (Å²) in [5.41, 5.74) is 0.341. The Kier molecular flexibility index (Phi) is 2.04. The molecule has 4 heteroatoms. The largest absolute Gasteiger partial charge is 0.473 e. The first-order valence-corrected chi connectivity index (χ1v) is 6.41. The number of rotatable bonds is 1. The molecule has 0 radical (unpaired) electrons. The van der Waals surface area contributed by atoms with Crippen molar-refractivity contribution in [2.75, 3.05) is 5.78 Å². The number of hydrogen-bond donors (Lipinski definition) is 0. The molecule has 1 unspecified atom stereocenters. The standard InChI is InChI=1S/C11H18BClO2/c1-10(2)7-4-8(10)11(3)9(5-7)14-12(6-13)15-11/h7-9H,4-6H2,1-3H3/t7-,8?,9+,11-/m0/s1. The fourth-order valence-corrected chi connectivity index (χ4v) is 4.15. The average molecular weight is 229 g/mol. The topological polar surface area (TPSA) is 18.5 Å². The van der Waals surface area contributed by atoms with Crippen molar-refractivity contribution in [3.63, 3.8) is 0 Å². The first-order valence-electron chi connectivity index (χ1n) is 5.87. The van der Waals surface area contributed by atoms with Crippen molar-refractivity contribution in [1.29, 1.82) is 0 Å². The van der Waals surface area contributed by atoms with Gasteiger partial charge in [-0.2, -0.15) is 0 Å². The van der Waals surface area contributed by atoms with E-state index in [0.29, 0.717) is 17.1 Å². The summed E-state index contributed by atoms with van der Waals surface area (Å²) in [6.07, 6.45) is 2.73. The van der Waals surface area contributed by atoms with E-state index in [4.69, 9.17) is 20.9 Å². The number of halogens is 1. The Morgan fingerprint density at radius 3 is 2.67 bits per heavy atom. The van der Waals surface area contributed by atoms with Crippen molar-refractivity contribution >= 4 is 18.7 Å². The van der Waals surface area contributed by atoms with Crippen molar-refractivity contribution < 1.29 is 9.31 Å². The second-order valence-corrected chi connectivity index (χ2v) is 6.36. The third-order valence-electron chi connectivity index (χ3n) is 5.13. The summed E-state index contributed by atoms with van der Waals surface area (Å²) in [4.78, 5) is 0. The summed E-state index contributed by atoms with van der Waals surface area (Å²) in [5.74, 6) is 1.91. The summed E-state index contributed by atoms with van der Waals surface area (Å²) in [6.45, 7) is 6.95. The second kappa shape index (κ2) is 2.94. The smallest absolute Gasteiger partial charge is 0.405 e. The van der Waals surface area contributed by atoms with Crippen molar-refractivity contribution in [2.24, 2.45) is 17.3 Å². The summed E-state index contributed by atoms with van der Waals surface area (Å²) in [7, 11) is -0.184. The van der Waals surface area contributed by atoms with Crippen molar-refractivity contribution in [2.45, 2.75) is 45.3 Å². The van der Waals surface area contributed by atoms with Gasteiger partial charge in [0, 0.05) is 0 Å². The molecule has 84 valence electrons. The molecule has 0 amide bonds. The van der Waals surface area contributed by atoms with E-state index in [1.807, 2.05) is 0 Å². The molecule has 4 atom stereocenters. The molecule has 4 rings (SSSR count). The van der Waals surface area contributed by atoms with Crippen LogP contribution in [0.2, 0.25) is 0 Å². The normalized spacial score (nSPS) is 51.2. The van der Waals surface area contributed by atoms with Crippen LogP contribution in [0.25, 0.3) is 0 Å². The van der Waals surface area contributed by atoms with E-state index in [1.54, 1.807) is 0 Å². The summed E-state index contributed by atoms with van der Waals surface area (Å²) >= 11 is 5.82. The molecule has 0 aromatic carbocycles. The van der Waals surface area contributed by atoms with Gasteiger partial charge >= 0.3 is 7.12 Å². The maximum absolute atomic E-state index is 6.03. The zero-order valence-electron chi connectivity index (χ0n) is 9.63. The van der Waals surface area contributed by atoms with E-state index < -0.39 is 0 Å². The van der Waals surface area contributed by atoms with Gasteiger partial charge in [0.25, 0.3) is 0 Å². The van der Waals surface area contributed by atoms with E-state index in [0.717, 1.165) is 12.3 Å². The molecule has 0 aromatic rings. The lowest BCUT2D eigenvalue weighted by Gasteiger charge is -2.64. The van der Waals surface area contributed by atoms with Gasteiger partial charge < -0.3 is 9.31 Å². The highest BCUT2D eigenvalue weighted by Crippen LogP contribution is 2.65. The zero-order chi connectivity index (χ0) is 10.8. The number of hydrogen-bond acceptors (Lipinski definition) is 2. The minimum Gasteiger partial charge on any atom is -0.405 e. The molecule has 1 heterocycles. The Bertz CT molecular complexity index is 296. The van der Waals surface area contributed by atoms with Gasteiger partial charge in [-0.1, -0.05) is 13.8 Å². The maximum atomic E-state index is 6.03. The molecular formula is C11H18BClO2. The lowest BCUT2D eigenvalue weighted by Crippen LogP contribution is -2.65. The van der Waals surface area contributed by atoms with E-state index in [-0.39, 0.29) is 18.8 Å². The first kappa shape index (κ1) is 10.4. The van der Waals surface area contributed by atoms with Gasteiger partial charge in [-0.25, -0.2) is 0 Å². The van der Waals surface area contributed by atoms with Crippen LogP contribution in [0.5, 0.6) is 0 Å². The van der Waals surface area contributed by atoms with Crippen LogP contribution in [0.4, 0.5) is 0 Å². The van der Waals surface area contributed by atoms with Crippen LogP contribution >= 0.6 is 11.6 Å². The monoisotopic (exact) mass is 228 g/mol. The Balaban J connectivity index is 1.89. The molecule has 4 fully saturated rings. The summed E-state index contributed by atoms with van der Waals surface area (Å²) in [6, 6.07) is 0. The Hall–Kier alpha value is 0.275. The van der Waals surface area contributed by atoms with E-state index in [9.17, 15) is 0 Å². The maximum Gasteiger partial charge on any atom is 0.473 e. The van der Waals surface area contributed by atoms with Crippen molar-refractivity contribution in [1.82, 2.24) is 0 Å². The Labute approximate surface area is 96.8 Å². The third kappa shape index (κ3) is 1.15. The van der Waals surface area contributed by atoms with Crippen LogP contribution in [0.15, 0.2) is 0 Å². The molecule has 0 aromatic heterocycles. The highest BCUT2D eigenvalue weighted by atomic mass is 35.5. The Morgan fingerprint density at radius 2 is 2.07 bits per heavy atom. The molecule has 1 aliphatic heterocycles. The molecule has 2 bridgehead atoms. The van der Waals surface area contributed by atoms with Gasteiger partial charge in [0.05, 0.1) is 17.5 Å². The van der Waals surface area contributed by atoms with Crippen molar-refractivity contribution in [3.05, 3.63) is 0 Å². The van der Waals surface area contributed by atoms with Crippen molar-refractivity contribution in [3.8, 4) is 0 Å². The predicted molar refractivity (Wildman–Crippen MR) is 60.8 cm³/mol. The lowest BCUT2D eigenvalue weighted by atomic mass is 9.43. The van der Waals surface area contributed by atoms with Gasteiger partial charge in [-0.15, -0.1) is 11.6 Å².